The van der Waals surface area contributed by atoms with Crippen molar-refractivity contribution < 1.29 is 9.84 Å². The van der Waals surface area contributed by atoms with Gasteiger partial charge in [0.25, 0.3) is 0 Å². The standard InChI is InChI=1S/C22H33N3O2S/c1-4-16(26)11-14-5-10-18-12-19(14)20-21(23-13-24-22(20)28-18)27-17-8-6-15(7-9-17)25(2)3/h12-18,26H,4-11H2,1-3H3. The number of fused-ring (bicyclic) bond motifs is 3. The van der Waals surface area contributed by atoms with Crippen molar-refractivity contribution in [3.8, 4) is 5.88 Å². The second-order valence-corrected chi connectivity index (χ2v) is 9.95. The van der Waals surface area contributed by atoms with E-state index in [1.165, 1.54) is 18.4 Å². The Morgan fingerprint density at radius 3 is 2.68 bits per heavy atom. The second kappa shape index (κ2) is 8.72. The molecule has 28 heavy (non-hydrogen) atoms. The Kier molecular flexibility index (Phi) is 6.28. The largest absolute Gasteiger partial charge is 0.474 e. The lowest BCUT2D eigenvalue weighted by Gasteiger charge is -2.36. The van der Waals surface area contributed by atoms with Crippen LogP contribution in [-0.2, 0) is 0 Å². The molecule has 2 bridgehead atoms. The van der Waals surface area contributed by atoms with E-state index in [4.69, 9.17) is 4.74 Å². The number of thioether (sulfide) groups is 1. The van der Waals surface area contributed by atoms with Crippen LogP contribution in [0.2, 0.25) is 0 Å². The molecule has 6 heteroatoms. The molecule has 4 rings (SSSR count). The summed E-state index contributed by atoms with van der Waals surface area (Å²) in [5.41, 5.74) is 2.42. The minimum absolute atomic E-state index is 0.238. The highest BCUT2D eigenvalue weighted by Crippen LogP contribution is 2.50. The molecule has 1 aromatic rings. The number of nitrogens with zero attached hydrogens (tertiary/aromatic N) is 3. The van der Waals surface area contributed by atoms with Gasteiger partial charge < -0.3 is 14.7 Å². The van der Waals surface area contributed by atoms with Gasteiger partial charge in [-0.1, -0.05) is 24.8 Å². The van der Waals surface area contributed by atoms with Gasteiger partial charge in [-0.25, -0.2) is 9.97 Å². The van der Waals surface area contributed by atoms with Crippen LogP contribution < -0.4 is 4.74 Å². The first-order valence-electron chi connectivity index (χ1n) is 10.8. The summed E-state index contributed by atoms with van der Waals surface area (Å²) in [7, 11) is 4.33. The van der Waals surface area contributed by atoms with Crippen LogP contribution in [-0.4, -0.2) is 57.6 Å². The van der Waals surface area contributed by atoms with Crippen molar-refractivity contribution in [1.82, 2.24) is 14.9 Å². The van der Waals surface area contributed by atoms with Gasteiger partial charge >= 0.3 is 0 Å². The van der Waals surface area contributed by atoms with E-state index in [2.05, 4.69) is 42.0 Å². The molecular formula is C22H33N3O2S. The number of ether oxygens (including phenoxy) is 1. The van der Waals surface area contributed by atoms with E-state index in [0.717, 1.165) is 55.0 Å². The van der Waals surface area contributed by atoms with Gasteiger partial charge in [-0.15, -0.1) is 0 Å². The number of rotatable bonds is 6. The summed E-state index contributed by atoms with van der Waals surface area (Å²) in [6.07, 6.45) is 12.5. The minimum atomic E-state index is -0.240. The zero-order chi connectivity index (χ0) is 19.7. The summed E-state index contributed by atoms with van der Waals surface area (Å²) in [5.74, 6) is 1.14. The Labute approximate surface area is 173 Å². The van der Waals surface area contributed by atoms with E-state index >= 15 is 0 Å². The van der Waals surface area contributed by atoms with Crippen LogP contribution in [0.15, 0.2) is 17.4 Å². The highest BCUT2D eigenvalue weighted by molar-refractivity contribution is 8.00. The smallest absolute Gasteiger partial charge is 0.225 e. The number of allylic oxidation sites excluding steroid dienone is 1. The fourth-order valence-corrected chi connectivity index (χ4v) is 6.01. The summed E-state index contributed by atoms with van der Waals surface area (Å²) in [5, 5.41) is 11.8. The third-order valence-electron chi connectivity index (χ3n) is 6.61. The molecule has 3 atom stereocenters. The highest BCUT2D eigenvalue weighted by Gasteiger charge is 2.35. The predicted molar refractivity (Wildman–Crippen MR) is 114 cm³/mol. The lowest BCUT2D eigenvalue weighted by molar-refractivity contribution is 0.106. The van der Waals surface area contributed by atoms with Gasteiger partial charge in [0.15, 0.2) is 0 Å². The minimum Gasteiger partial charge on any atom is -0.474 e. The fourth-order valence-electron chi connectivity index (χ4n) is 4.82. The van der Waals surface area contributed by atoms with Crippen molar-refractivity contribution in [1.29, 1.82) is 0 Å². The van der Waals surface area contributed by atoms with Crippen LogP contribution in [0.5, 0.6) is 5.88 Å². The molecule has 1 fully saturated rings. The van der Waals surface area contributed by atoms with E-state index in [1.54, 1.807) is 6.33 Å². The quantitative estimate of drug-likeness (QED) is 0.720. The summed E-state index contributed by atoms with van der Waals surface area (Å²) < 4.78 is 6.47. The van der Waals surface area contributed by atoms with E-state index in [1.807, 2.05) is 11.8 Å². The Morgan fingerprint density at radius 2 is 1.96 bits per heavy atom. The monoisotopic (exact) mass is 403 g/mol. The number of aromatic nitrogens is 2. The van der Waals surface area contributed by atoms with Crippen molar-refractivity contribution >= 4 is 17.3 Å². The number of hydrogen-bond donors (Lipinski definition) is 1. The van der Waals surface area contributed by atoms with Crippen LogP contribution in [0.4, 0.5) is 0 Å². The van der Waals surface area contributed by atoms with Crippen LogP contribution in [0.1, 0.15) is 63.9 Å². The van der Waals surface area contributed by atoms with Crippen molar-refractivity contribution in [2.24, 2.45) is 5.92 Å². The SMILES string of the molecule is CCC(O)CC1CCC2C=C1c1c(OC3CCC(N(C)C)CC3)ncnc1S2. The third-order valence-corrected chi connectivity index (χ3v) is 7.82. The van der Waals surface area contributed by atoms with Gasteiger partial charge in [0.05, 0.1) is 11.7 Å². The molecule has 1 N–H and O–H groups in total. The maximum atomic E-state index is 10.3. The Balaban J connectivity index is 1.54. The molecule has 2 heterocycles. The van der Waals surface area contributed by atoms with E-state index in [-0.39, 0.29) is 12.2 Å². The average molecular weight is 404 g/mol. The van der Waals surface area contributed by atoms with Crippen molar-refractivity contribution in [2.75, 3.05) is 14.1 Å². The average Bonchev–Trinajstić information content (AvgIpc) is 2.70. The number of hydrogen-bond acceptors (Lipinski definition) is 6. The first kappa shape index (κ1) is 20.2. The molecule has 1 saturated carbocycles. The van der Waals surface area contributed by atoms with E-state index < -0.39 is 0 Å². The first-order chi connectivity index (χ1) is 13.5. The van der Waals surface area contributed by atoms with Crippen molar-refractivity contribution in [3.05, 3.63) is 18.0 Å². The molecule has 0 saturated heterocycles. The molecule has 154 valence electrons. The van der Waals surface area contributed by atoms with Gasteiger partial charge in [-0.05, 0) is 77.0 Å². The zero-order valence-corrected chi connectivity index (χ0v) is 18.1. The molecular weight excluding hydrogens is 370 g/mol. The Bertz CT molecular complexity index is 716. The van der Waals surface area contributed by atoms with Crippen LogP contribution in [0.25, 0.3) is 5.57 Å². The van der Waals surface area contributed by atoms with Crippen LogP contribution >= 0.6 is 11.8 Å². The molecule has 0 spiro atoms. The Hall–Kier alpha value is -1.11. The van der Waals surface area contributed by atoms with E-state index in [0.29, 0.717) is 17.2 Å². The predicted octanol–water partition coefficient (Wildman–Crippen LogP) is 4.16. The topological polar surface area (TPSA) is 58.5 Å². The molecule has 1 aliphatic heterocycles. The first-order valence-corrected chi connectivity index (χ1v) is 11.7. The molecule has 1 aromatic heterocycles. The molecule has 5 nitrogen and oxygen atoms in total. The molecule has 0 amide bonds. The summed E-state index contributed by atoms with van der Waals surface area (Å²) in [6.45, 7) is 2.05. The zero-order valence-electron chi connectivity index (χ0n) is 17.3. The molecule has 0 radical (unpaired) electrons. The summed E-state index contributed by atoms with van der Waals surface area (Å²) >= 11 is 1.84. The van der Waals surface area contributed by atoms with Gasteiger partial charge in [-0.3, -0.25) is 0 Å². The van der Waals surface area contributed by atoms with Gasteiger partial charge in [0, 0.05) is 11.3 Å². The second-order valence-electron chi connectivity index (χ2n) is 8.72. The molecule has 2 aliphatic carbocycles. The highest BCUT2D eigenvalue weighted by atomic mass is 32.2. The normalized spacial score (nSPS) is 30.5. The van der Waals surface area contributed by atoms with E-state index in [9.17, 15) is 5.11 Å². The van der Waals surface area contributed by atoms with Crippen molar-refractivity contribution in [2.45, 2.75) is 86.8 Å². The molecule has 3 aliphatic rings. The van der Waals surface area contributed by atoms with Crippen LogP contribution in [0, 0.1) is 5.92 Å². The third kappa shape index (κ3) is 4.24. The number of aliphatic hydroxyl groups excluding tert-OH is 1. The number of aliphatic hydroxyl groups is 1. The van der Waals surface area contributed by atoms with Crippen LogP contribution in [0.3, 0.4) is 0 Å². The fraction of sp³-hybridized carbons (Fsp3) is 0.727. The molecule has 0 aromatic carbocycles. The summed E-state index contributed by atoms with van der Waals surface area (Å²) in [4.78, 5) is 11.5. The maximum Gasteiger partial charge on any atom is 0.225 e. The Morgan fingerprint density at radius 1 is 1.18 bits per heavy atom. The lowest BCUT2D eigenvalue weighted by Crippen LogP contribution is -2.35. The maximum absolute atomic E-state index is 10.3. The summed E-state index contributed by atoms with van der Waals surface area (Å²) in [6, 6.07) is 0.663. The lowest BCUT2D eigenvalue weighted by atomic mass is 9.80. The van der Waals surface area contributed by atoms with Crippen molar-refractivity contribution in [3.63, 3.8) is 0 Å². The van der Waals surface area contributed by atoms with Gasteiger partial charge in [0.1, 0.15) is 17.5 Å². The van der Waals surface area contributed by atoms with Gasteiger partial charge in [-0.2, -0.15) is 0 Å². The molecule has 3 unspecified atom stereocenters. The van der Waals surface area contributed by atoms with Gasteiger partial charge in [0.2, 0.25) is 5.88 Å².